The van der Waals surface area contributed by atoms with Crippen LogP contribution in [0.4, 0.5) is 24.0 Å². The van der Waals surface area contributed by atoms with Gasteiger partial charge in [-0.3, -0.25) is 0 Å². The van der Waals surface area contributed by atoms with Gasteiger partial charge >= 0.3 is 12.1 Å². The van der Waals surface area contributed by atoms with E-state index in [0.717, 1.165) is 23.6 Å². The van der Waals surface area contributed by atoms with Gasteiger partial charge in [0.2, 0.25) is 0 Å². The minimum absolute atomic E-state index is 0.125. The highest BCUT2D eigenvalue weighted by molar-refractivity contribution is 7.14. The lowest BCUT2D eigenvalue weighted by Gasteiger charge is -2.06. The number of aromatic nitrogens is 2. The van der Waals surface area contributed by atoms with E-state index in [1.165, 1.54) is 18.6 Å². The van der Waals surface area contributed by atoms with E-state index in [9.17, 15) is 18.0 Å². The first-order valence-corrected chi connectivity index (χ1v) is 6.12. The Morgan fingerprint density at radius 2 is 2.15 bits per heavy atom. The van der Waals surface area contributed by atoms with E-state index in [1.54, 1.807) is 0 Å². The molecule has 5 nitrogen and oxygen atoms in total. The first-order chi connectivity index (χ1) is 9.40. The molecule has 0 unspecified atom stereocenters. The van der Waals surface area contributed by atoms with Crippen LogP contribution in [-0.4, -0.2) is 23.0 Å². The van der Waals surface area contributed by atoms with Crippen LogP contribution in [0.15, 0.2) is 23.7 Å². The van der Waals surface area contributed by atoms with E-state index < -0.39 is 17.8 Å². The monoisotopic (exact) mass is 303 g/mol. The lowest BCUT2D eigenvalue weighted by Crippen LogP contribution is -2.07. The third-order valence-corrected chi connectivity index (χ3v) is 2.96. The van der Waals surface area contributed by atoms with Crippen molar-refractivity contribution in [2.45, 2.75) is 6.18 Å². The molecule has 0 fully saturated rings. The number of esters is 1. The number of anilines is 2. The Hall–Kier alpha value is -2.16. The Bertz CT molecular complexity index is 610. The van der Waals surface area contributed by atoms with E-state index in [0.29, 0.717) is 10.8 Å². The van der Waals surface area contributed by atoms with Crippen LogP contribution in [0.25, 0.3) is 0 Å². The van der Waals surface area contributed by atoms with Crippen molar-refractivity contribution in [3.63, 3.8) is 0 Å². The number of alkyl halides is 3. The van der Waals surface area contributed by atoms with Crippen LogP contribution in [0, 0.1) is 0 Å². The molecule has 0 aliphatic heterocycles. The second kappa shape index (κ2) is 5.45. The van der Waals surface area contributed by atoms with E-state index in [-0.39, 0.29) is 5.69 Å². The lowest BCUT2D eigenvalue weighted by atomic mass is 10.3. The number of nitrogens with zero attached hydrogens (tertiary/aromatic N) is 2. The molecule has 2 heterocycles. The average molecular weight is 303 g/mol. The number of rotatable bonds is 3. The maximum Gasteiger partial charge on any atom is 0.433 e. The summed E-state index contributed by atoms with van der Waals surface area (Å²) in [5.74, 6) is -0.583. The van der Waals surface area contributed by atoms with Crippen LogP contribution in [-0.2, 0) is 10.9 Å². The normalized spacial score (nSPS) is 11.2. The molecule has 20 heavy (non-hydrogen) atoms. The van der Waals surface area contributed by atoms with E-state index in [1.807, 2.05) is 0 Å². The molecule has 1 N–H and O–H groups in total. The van der Waals surface area contributed by atoms with Crippen LogP contribution in [0.5, 0.6) is 0 Å². The molecule has 9 heteroatoms. The molecule has 0 saturated carbocycles. The molecule has 0 spiro atoms. The molecule has 106 valence electrons. The predicted molar refractivity (Wildman–Crippen MR) is 66.0 cm³/mol. The second-order valence-electron chi connectivity index (χ2n) is 3.58. The Kier molecular flexibility index (Phi) is 3.89. The number of hydrogen-bond donors (Lipinski definition) is 1. The molecule has 0 radical (unpaired) electrons. The van der Waals surface area contributed by atoms with Gasteiger partial charge in [-0.1, -0.05) is 0 Å². The Balaban J connectivity index is 2.10. The molecule has 2 rings (SSSR count). The summed E-state index contributed by atoms with van der Waals surface area (Å²) < 4.78 is 41.5. The molecular formula is C11H8F3N3O2S. The Morgan fingerprint density at radius 3 is 2.70 bits per heavy atom. The summed E-state index contributed by atoms with van der Waals surface area (Å²) in [6.45, 7) is 0. The maximum atomic E-state index is 12.3. The van der Waals surface area contributed by atoms with Gasteiger partial charge in [-0.05, 0) is 12.1 Å². The summed E-state index contributed by atoms with van der Waals surface area (Å²) in [6, 6.07) is 2.09. The van der Waals surface area contributed by atoms with Crippen molar-refractivity contribution in [2.75, 3.05) is 12.4 Å². The van der Waals surface area contributed by atoms with Crippen molar-refractivity contribution in [1.29, 1.82) is 0 Å². The number of methoxy groups -OCH3 is 1. The molecule has 2 aromatic heterocycles. The highest BCUT2D eigenvalue weighted by Gasteiger charge is 2.32. The Labute approximate surface area is 115 Å². The summed E-state index contributed by atoms with van der Waals surface area (Å²) in [5, 5.41) is 4.58. The van der Waals surface area contributed by atoms with Gasteiger partial charge in [0.25, 0.3) is 0 Å². The van der Waals surface area contributed by atoms with E-state index in [4.69, 9.17) is 0 Å². The fourth-order valence-electron chi connectivity index (χ4n) is 1.29. The summed E-state index contributed by atoms with van der Waals surface area (Å²) in [5.41, 5.74) is -0.513. The smallest absolute Gasteiger partial charge is 0.433 e. The van der Waals surface area contributed by atoms with Crippen LogP contribution in [0.1, 0.15) is 16.2 Å². The fraction of sp³-hybridized carbons (Fsp3) is 0.182. The van der Waals surface area contributed by atoms with Crippen LogP contribution >= 0.6 is 11.3 Å². The Morgan fingerprint density at radius 1 is 1.40 bits per heavy atom. The quantitative estimate of drug-likeness (QED) is 0.883. The number of nitrogens with one attached hydrogen (secondary N) is 1. The largest absolute Gasteiger partial charge is 0.464 e. The van der Waals surface area contributed by atoms with Crippen LogP contribution in [0.2, 0.25) is 0 Å². The summed E-state index contributed by atoms with van der Waals surface area (Å²) in [7, 11) is 1.23. The zero-order valence-electron chi connectivity index (χ0n) is 10.1. The van der Waals surface area contributed by atoms with Gasteiger partial charge in [0.1, 0.15) is 5.69 Å². The number of carbonyl (C=O) groups is 1. The number of ether oxygens (including phenoxy) is 1. The summed E-state index contributed by atoms with van der Waals surface area (Å²) >= 11 is 1.12. The number of hydrogen-bond acceptors (Lipinski definition) is 6. The molecule has 0 atom stereocenters. The number of carbonyl (C=O) groups excluding carboxylic acids is 1. The van der Waals surface area contributed by atoms with Gasteiger partial charge < -0.3 is 10.1 Å². The molecule has 0 bridgehead atoms. The molecular weight excluding hydrogens is 295 g/mol. The second-order valence-corrected chi connectivity index (χ2v) is 4.44. The zero-order chi connectivity index (χ0) is 14.8. The number of pyridine rings is 1. The maximum absolute atomic E-state index is 12.3. The zero-order valence-corrected chi connectivity index (χ0v) is 10.9. The van der Waals surface area contributed by atoms with Gasteiger partial charge in [0, 0.05) is 5.38 Å². The summed E-state index contributed by atoms with van der Waals surface area (Å²) in [4.78, 5) is 18.4. The summed E-state index contributed by atoms with van der Waals surface area (Å²) in [6.07, 6.45) is -3.43. The van der Waals surface area contributed by atoms with Crippen molar-refractivity contribution in [3.05, 3.63) is 35.1 Å². The molecule has 0 aromatic carbocycles. The first-order valence-electron chi connectivity index (χ1n) is 5.24. The average Bonchev–Trinajstić information content (AvgIpc) is 2.86. The lowest BCUT2D eigenvalue weighted by molar-refractivity contribution is -0.141. The molecule has 2 aromatic rings. The topological polar surface area (TPSA) is 64.1 Å². The van der Waals surface area contributed by atoms with Gasteiger partial charge in [-0.25, -0.2) is 14.8 Å². The molecule has 0 saturated heterocycles. The minimum atomic E-state index is -4.47. The van der Waals surface area contributed by atoms with Crippen molar-refractivity contribution < 1.29 is 22.7 Å². The van der Waals surface area contributed by atoms with Crippen molar-refractivity contribution in [1.82, 2.24) is 9.97 Å². The van der Waals surface area contributed by atoms with Crippen LogP contribution in [0.3, 0.4) is 0 Å². The number of halogens is 3. The SMILES string of the molecule is COC(=O)c1csc(Nc2ccc(C(F)(F)F)nc2)n1. The highest BCUT2D eigenvalue weighted by Crippen LogP contribution is 2.28. The third-order valence-electron chi connectivity index (χ3n) is 2.20. The first kappa shape index (κ1) is 14.3. The van der Waals surface area contributed by atoms with Gasteiger partial charge in [-0.2, -0.15) is 13.2 Å². The third kappa shape index (κ3) is 3.23. The van der Waals surface area contributed by atoms with Crippen molar-refractivity contribution in [2.24, 2.45) is 0 Å². The van der Waals surface area contributed by atoms with Gasteiger partial charge in [-0.15, -0.1) is 11.3 Å². The van der Waals surface area contributed by atoms with Gasteiger partial charge in [0.15, 0.2) is 10.8 Å². The number of thiazole rings is 1. The molecule has 0 aliphatic carbocycles. The fourth-order valence-corrected chi connectivity index (χ4v) is 1.99. The molecule has 0 aliphatic rings. The highest BCUT2D eigenvalue weighted by atomic mass is 32.1. The minimum Gasteiger partial charge on any atom is -0.464 e. The van der Waals surface area contributed by atoms with Crippen molar-refractivity contribution in [3.8, 4) is 0 Å². The molecule has 0 amide bonds. The van der Waals surface area contributed by atoms with E-state index in [2.05, 4.69) is 20.0 Å². The standard InChI is InChI=1S/C11H8F3N3O2S/c1-19-9(18)7-5-20-10(17-7)16-6-2-3-8(15-4-6)11(12,13)14/h2-5H,1H3,(H,16,17). The predicted octanol–water partition coefficient (Wildman–Crippen LogP) is 3.09. The van der Waals surface area contributed by atoms with E-state index >= 15 is 0 Å². The van der Waals surface area contributed by atoms with Crippen LogP contribution < -0.4 is 5.32 Å². The van der Waals surface area contributed by atoms with Gasteiger partial charge in [0.05, 0.1) is 19.0 Å². The van der Waals surface area contributed by atoms with Crippen molar-refractivity contribution >= 4 is 28.1 Å².